The number of halogens is 1. The Bertz CT molecular complexity index is 486. The molecule has 0 radical (unpaired) electrons. The highest BCUT2D eigenvalue weighted by Crippen LogP contribution is 2.22. The molecule has 1 atom stereocenters. The third-order valence-corrected chi connectivity index (χ3v) is 2.95. The topological polar surface area (TPSA) is 29.3 Å². The molecule has 2 aromatic heterocycles. The highest BCUT2D eigenvalue weighted by molar-refractivity contribution is 5.46. The summed E-state index contributed by atoms with van der Waals surface area (Å²) >= 11 is 0. The lowest BCUT2D eigenvalue weighted by atomic mass is 10.1. The Labute approximate surface area is 86.9 Å². The van der Waals surface area contributed by atoms with E-state index in [9.17, 15) is 4.39 Å². The van der Waals surface area contributed by atoms with Crippen LogP contribution in [0.4, 0.5) is 4.39 Å². The molecular weight excluding hydrogens is 193 g/mol. The smallest absolute Gasteiger partial charge is 0.139 e. The molecule has 1 unspecified atom stereocenters. The Hall–Kier alpha value is -1.42. The number of imidazole rings is 1. The molecule has 3 rings (SSSR count). The van der Waals surface area contributed by atoms with E-state index in [-0.39, 0.29) is 5.82 Å². The molecule has 0 aromatic carbocycles. The molecule has 0 aliphatic carbocycles. The molecule has 0 amide bonds. The van der Waals surface area contributed by atoms with Gasteiger partial charge in [-0.3, -0.25) is 0 Å². The number of aromatic nitrogens is 2. The summed E-state index contributed by atoms with van der Waals surface area (Å²) in [6.07, 6.45) is 4.39. The lowest BCUT2D eigenvalue weighted by Crippen LogP contribution is -2.10. The standard InChI is InChI=1S/C11H12FN3/c12-9-1-2-10-6-14-11(15(10)7-9)8-3-4-13-5-8/h1-2,6-8,13H,3-5H2. The zero-order valence-corrected chi connectivity index (χ0v) is 8.28. The maximum Gasteiger partial charge on any atom is 0.139 e. The minimum absolute atomic E-state index is 0.215. The molecule has 1 aliphatic heterocycles. The van der Waals surface area contributed by atoms with Crippen LogP contribution in [0.2, 0.25) is 0 Å². The van der Waals surface area contributed by atoms with Crippen molar-refractivity contribution in [3.63, 3.8) is 0 Å². The molecule has 78 valence electrons. The van der Waals surface area contributed by atoms with Crippen molar-refractivity contribution in [2.75, 3.05) is 13.1 Å². The van der Waals surface area contributed by atoms with Crippen LogP contribution in [0.15, 0.2) is 24.5 Å². The monoisotopic (exact) mass is 205 g/mol. The second-order valence-corrected chi connectivity index (χ2v) is 3.95. The first-order valence-electron chi connectivity index (χ1n) is 5.18. The fourth-order valence-electron chi connectivity index (χ4n) is 2.16. The summed E-state index contributed by atoms with van der Waals surface area (Å²) in [6.45, 7) is 1.96. The predicted octanol–water partition coefficient (Wildman–Crippen LogP) is 1.55. The van der Waals surface area contributed by atoms with Gasteiger partial charge in [0.25, 0.3) is 0 Å². The van der Waals surface area contributed by atoms with Gasteiger partial charge in [0.05, 0.1) is 11.7 Å². The Morgan fingerprint density at radius 3 is 3.20 bits per heavy atom. The van der Waals surface area contributed by atoms with Gasteiger partial charge in [0, 0.05) is 18.7 Å². The van der Waals surface area contributed by atoms with Crippen LogP contribution in [0.25, 0.3) is 5.52 Å². The maximum absolute atomic E-state index is 13.1. The van der Waals surface area contributed by atoms with Crippen LogP contribution in [-0.4, -0.2) is 22.5 Å². The summed E-state index contributed by atoms with van der Waals surface area (Å²) in [7, 11) is 0. The number of nitrogens with zero attached hydrogens (tertiary/aromatic N) is 2. The second-order valence-electron chi connectivity index (χ2n) is 3.95. The van der Waals surface area contributed by atoms with Crippen molar-refractivity contribution in [2.24, 2.45) is 0 Å². The van der Waals surface area contributed by atoms with Crippen LogP contribution in [0.5, 0.6) is 0 Å². The predicted molar refractivity (Wildman–Crippen MR) is 55.4 cm³/mol. The number of nitrogens with one attached hydrogen (secondary N) is 1. The zero-order valence-electron chi connectivity index (χ0n) is 8.28. The number of pyridine rings is 1. The van der Waals surface area contributed by atoms with Crippen LogP contribution < -0.4 is 5.32 Å². The van der Waals surface area contributed by atoms with E-state index in [2.05, 4.69) is 10.3 Å². The van der Waals surface area contributed by atoms with Gasteiger partial charge in [-0.15, -0.1) is 0 Å². The van der Waals surface area contributed by atoms with Crippen molar-refractivity contribution in [2.45, 2.75) is 12.3 Å². The van der Waals surface area contributed by atoms with E-state index in [0.29, 0.717) is 5.92 Å². The van der Waals surface area contributed by atoms with Gasteiger partial charge >= 0.3 is 0 Å². The summed E-state index contributed by atoms with van der Waals surface area (Å²) in [6, 6.07) is 3.22. The largest absolute Gasteiger partial charge is 0.316 e. The summed E-state index contributed by atoms with van der Waals surface area (Å²) in [5.41, 5.74) is 0.957. The van der Waals surface area contributed by atoms with Crippen LogP contribution >= 0.6 is 0 Å². The molecule has 1 fully saturated rings. The Morgan fingerprint density at radius 2 is 2.40 bits per heavy atom. The number of hydrogen-bond donors (Lipinski definition) is 1. The Kier molecular flexibility index (Phi) is 1.95. The van der Waals surface area contributed by atoms with Gasteiger partial charge in [-0.2, -0.15) is 0 Å². The first-order chi connectivity index (χ1) is 7.34. The fourth-order valence-corrected chi connectivity index (χ4v) is 2.16. The normalized spacial score (nSPS) is 21.3. The minimum Gasteiger partial charge on any atom is -0.316 e. The molecule has 2 aromatic rings. The lowest BCUT2D eigenvalue weighted by Gasteiger charge is -2.06. The highest BCUT2D eigenvalue weighted by Gasteiger charge is 2.20. The molecule has 1 aliphatic rings. The molecule has 1 N–H and O–H groups in total. The molecule has 0 saturated carbocycles. The van der Waals surface area contributed by atoms with E-state index in [1.54, 1.807) is 12.3 Å². The number of rotatable bonds is 1. The molecule has 15 heavy (non-hydrogen) atoms. The van der Waals surface area contributed by atoms with Crippen molar-refractivity contribution in [3.05, 3.63) is 36.2 Å². The first-order valence-corrected chi connectivity index (χ1v) is 5.18. The summed E-state index contributed by atoms with van der Waals surface area (Å²) < 4.78 is 15.0. The molecule has 1 saturated heterocycles. The third-order valence-electron chi connectivity index (χ3n) is 2.95. The average Bonchev–Trinajstić information content (AvgIpc) is 2.83. The van der Waals surface area contributed by atoms with Gasteiger partial charge < -0.3 is 9.72 Å². The van der Waals surface area contributed by atoms with E-state index < -0.39 is 0 Å². The minimum atomic E-state index is -0.215. The van der Waals surface area contributed by atoms with E-state index in [0.717, 1.165) is 30.9 Å². The Morgan fingerprint density at radius 1 is 1.47 bits per heavy atom. The summed E-state index contributed by atoms with van der Waals surface area (Å²) in [5, 5.41) is 3.29. The van der Waals surface area contributed by atoms with Crippen LogP contribution in [0, 0.1) is 5.82 Å². The van der Waals surface area contributed by atoms with Crippen molar-refractivity contribution in [1.82, 2.24) is 14.7 Å². The summed E-state index contributed by atoms with van der Waals surface area (Å²) in [4.78, 5) is 4.37. The van der Waals surface area contributed by atoms with E-state index in [1.165, 1.54) is 12.3 Å². The molecule has 4 heteroatoms. The fraction of sp³-hybridized carbons (Fsp3) is 0.364. The van der Waals surface area contributed by atoms with E-state index in [1.807, 2.05) is 4.40 Å². The Balaban J connectivity index is 2.13. The molecule has 0 spiro atoms. The molecule has 0 bridgehead atoms. The zero-order chi connectivity index (χ0) is 10.3. The van der Waals surface area contributed by atoms with Crippen molar-refractivity contribution in [1.29, 1.82) is 0 Å². The SMILES string of the molecule is Fc1ccc2cnc(C3CCNC3)n2c1. The van der Waals surface area contributed by atoms with Crippen molar-refractivity contribution < 1.29 is 4.39 Å². The van der Waals surface area contributed by atoms with E-state index >= 15 is 0 Å². The first kappa shape index (κ1) is 8.85. The van der Waals surface area contributed by atoms with Gasteiger partial charge in [0.2, 0.25) is 0 Å². The average molecular weight is 205 g/mol. The molecule has 3 nitrogen and oxygen atoms in total. The van der Waals surface area contributed by atoms with Gasteiger partial charge in [0.1, 0.15) is 11.6 Å². The third kappa shape index (κ3) is 1.41. The van der Waals surface area contributed by atoms with Crippen molar-refractivity contribution >= 4 is 5.52 Å². The van der Waals surface area contributed by atoms with Gasteiger partial charge in [-0.1, -0.05) is 0 Å². The number of fused-ring (bicyclic) bond motifs is 1. The lowest BCUT2D eigenvalue weighted by molar-refractivity contribution is 0.612. The van der Waals surface area contributed by atoms with Crippen LogP contribution in [0.1, 0.15) is 18.2 Å². The second kappa shape index (κ2) is 3.31. The molecule has 3 heterocycles. The van der Waals surface area contributed by atoms with Gasteiger partial charge in [0.15, 0.2) is 0 Å². The quantitative estimate of drug-likeness (QED) is 0.765. The molecular formula is C11H12FN3. The van der Waals surface area contributed by atoms with Gasteiger partial charge in [-0.05, 0) is 25.1 Å². The maximum atomic E-state index is 13.1. The summed E-state index contributed by atoms with van der Waals surface area (Å²) in [5.74, 6) is 1.16. The number of hydrogen-bond acceptors (Lipinski definition) is 2. The van der Waals surface area contributed by atoms with Crippen LogP contribution in [-0.2, 0) is 0 Å². The van der Waals surface area contributed by atoms with Gasteiger partial charge in [-0.25, -0.2) is 9.37 Å². The van der Waals surface area contributed by atoms with Crippen LogP contribution in [0.3, 0.4) is 0 Å². The van der Waals surface area contributed by atoms with E-state index in [4.69, 9.17) is 0 Å². The highest BCUT2D eigenvalue weighted by atomic mass is 19.1. The van der Waals surface area contributed by atoms with Crippen molar-refractivity contribution in [3.8, 4) is 0 Å².